The monoisotopic (exact) mass is 930 g/mol. The van der Waals surface area contributed by atoms with Gasteiger partial charge in [0, 0.05) is 49.8 Å². The Bertz CT molecular complexity index is 4130. The van der Waals surface area contributed by atoms with Crippen molar-refractivity contribution in [3.63, 3.8) is 0 Å². The molecule has 0 aliphatic heterocycles. The molecule has 0 atom stereocenters. The van der Waals surface area contributed by atoms with Crippen molar-refractivity contribution in [3.05, 3.63) is 301 Å². The van der Waals surface area contributed by atoms with Crippen molar-refractivity contribution in [2.45, 2.75) is 5.41 Å². The topological polar surface area (TPSA) is 29.3 Å². The minimum absolute atomic E-state index is 0.680. The summed E-state index contributed by atoms with van der Waals surface area (Å²) in [5, 5.41) is 3.35. The van der Waals surface area contributed by atoms with Crippen molar-refractivity contribution in [1.29, 1.82) is 0 Å². The lowest BCUT2D eigenvalue weighted by Gasteiger charge is -2.34. The van der Waals surface area contributed by atoms with E-state index in [1.807, 2.05) is 12.1 Å². The smallest absolute Gasteiger partial charge is 0.143 e. The molecular weight excluding hydrogens is 885 g/mol. The van der Waals surface area contributed by atoms with Crippen LogP contribution in [0.4, 0.5) is 17.1 Å². The van der Waals surface area contributed by atoms with Crippen LogP contribution in [0.15, 0.2) is 283 Å². The second-order valence-corrected chi connectivity index (χ2v) is 19.0. The number of furan rings is 1. The average Bonchev–Trinajstić information content (AvgIpc) is 4.06. The van der Waals surface area contributed by atoms with Crippen molar-refractivity contribution in [3.8, 4) is 55.8 Å². The van der Waals surface area contributed by atoms with E-state index in [0.29, 0.717) is 0 Å². The SMILES string of the molecule is c1ccc(-c2ccc(N(c3ccc(-c4cccc5c4oc4ccccc45)cc3)c3cccc4c3-c3ccc(-c5nc6ccccc6cc5-c5ccccc5)cc3C4(c3ccccc3)c3ccccc3)cc2)cc1. The second kappa shape index (κ2) is 17.4. The van der Waals surface area contributed by atoms with Crippen LogP contribution < -0.4 is 4.90 Å². The molecule has 0 bridgehead atoms. The molecule has 0 unspecified atom stereocenters. The maximum Gasteiger partial charge on any atom is 0.143 e. The molecule has 0 amide bonds. The van der Waals surface area contributed by atoms with Gasteiger partial charge in [0.05, 0.1) is 22.3 Å². The van der Waals surface area contributed by atoms with Gasteiger partial charge in [0.25, 0.3) is 0 Å². The maximum atomic E-state index is 6.55. The van der Waals surface area contributed by atoms with E-state index in [9.17, 15) is 0 Å². The number of hydrogen-bond donors (Lipinski definition) is 0. The van der Waals surface area contributed by atoms with Gasteiger partial charge in [-0.25, -0.2) is 4.98 Å². The van der Waals surface area contributed by atoms with Crippen LogP contribution in [0.1, 0.15) is 22.3 Å². The van der Waals surface area contributed by atoms with Crippen molar-refractivity contribution in [1.82, 2.24) is 4.98 Å². The third-order valence-corrected chi connectivity index (χ3v) is 14.9. The molecule has 0 spiro atoms. The Balaban J connectivity index is 1.01. The largest absolute Gasteiger partial charge is 0.455 e. The summed E-state index contributed by atoms with van der Waals surface area (Å²) in [6.45, 7) is 0. The third kappa shape index (κ3) is 6.93. The van der Waals surface area contributed by atoms with Crippen LogP contribution in [0.3, 0.4) is 0 Å². The highest BCUT2D eigenvalue weighted by molar-refractivity contribution is 6.09. The summed E-state index contributed by atoms with van der Waals surface area (Å²) in [6.07, 6.45) is 0. The molecule has 0 saturated carbocycles. The molecule has 14 rings (SSSR count). The van der Waals surface area contributed by atoms with E-state index in [0.717, 1.165) is 83.4 Å². The van der Waals surface area contributed by atoms with Gasteiger partial charge in [0.15, 0.2) is 0 Å². The molecule has 73 heavy (non-hydrogen) atoms. The van der Waals surface area contributed by atoms with Gasteiger partial charge in [0.1, 0.15) is 11.2 Å². The van der Waals surface area contributed by atoms with Gasteiger partial charge in [-0.1, -0.05) is 224 Å². The van der Waals surface area contributed by atoms with Gasteiger partial charge in [-0.15, -0.1) is 0 Å². The summed E-state index contributed by atoms with van der Waals surface area (Å²) >= 11 is 0. The average molecular weight is 931 g/mol. The predicted octanol–water partition coefficient (Wildman–Crippen LogP) is 18.6. The van der Waals surface area contributed by atoms with E-state index in [4.69, 9.17) is 9.40 Å². The van der Waals surface area contributed by atoms with Crippen molar-refractivity contribution < 1.29 is 4.42 Å². The maximum absolute atomic E-state index is 6.55. The normalized spacial score (nSPS) is 12.5. The number of aromatic nitrogens is 1. The molecule has 2 heterocycles. The predicted molar refractivity (Wildman–Crippen MR) is 303 cm³/mol. The number of rotatable bonds is 9. The molecule has 3 heteroatoms. The minimum Gasteiger partial charge on any atom is -0.455 e. The molecule has 0 saturated heterocycles. The van der Waals surface area contributed by atoms with Crippen molar-refractivity contribution in [2.75, 3.05) is 4.90 Å². The third-order valence-electron chi connectivity index (χ3n) is 14.9. The number of anilines is 3. The van der Waals surface area contributed by atoms with Gasteiger partial charge >= 0.3 is 0 Å². The summed E-state index contributed by atoms with van der Waals surface area (Å²) < 4.78 is 6.55. The zero-order valence-electron chi connectivity index (χ0n) is 39.9. The molecule has 1 aliphatic rings. The molecule has 0 fully saturated rings. The molecule has 0 N–H and O–H groups in total. The van der Waals surface area contributed by atoms with Gasteiger partial charge in [-0.3, -0.25) is 0 Å². The zero-order chi connectivity index (χ0) is 48.3. The van der Waals surface area contributed by atoms with E-state index in [-0.39, 0.29) is 0 Å². The fourth-order valence-corrected chi connectivity index (χ4v) is 11.7. The fourth-order valence-electron chi connectivity index (χ4n) is 11.7. The van der Waals surface area contributed by atoms with Gasteiger partial charge in [-0.05, 0) is 105 Å². The Hall–Kier alpha value is -9.57. The lowest BCUT2D eigenvalue weighted by Crippen LogP contribution is -2.28. The van der Waals surface area contributed by atoms with Gasteiger partial charge in [0.2, 0.25) is 0 Å². The summed E-state index contributed by atoms with van der Waals surface area (Å²) in [5.41, 5.74) is 21.3. The molecule has 3 nitrogen and oxygen atoms in total. The highest BCUT2D eigenvalue weighted by Gasteiger charge is 2.47. The van der Waals surface area contributed by atoms with E-state index >= 15 is 0 Å². The minimum atomic E-state index is -0.680. The Morgan fingerprint density at radius 2 is 0.904 bits per heavy atom. The number of nitrogens with zero attached hydrogens (tertiary/aromatic N) is 2. The molecule has 11 aromatic carbocycles. The Labute approximate surface area is 424 Å². The Morgan fingerprint density at radius 3 is 1.62 bits per heavy atom. The molecule has 1 aliphatic carbocycles. The molecular formula is C70H46N2O. The lowest BCUT2D eigenvalue weighted by atomic mass is 9.67. The summed E-state index contributed by atoms with van der Waals surface area (Å²) in [5.74, 6) is 0. The standard InChI is InChI=1S/C70H46N2O/c1-5-19-47(20-6-1)48-35-40-55(41-36-48)72(56-42-37-50(38-43-56)57-29-17-30-59-58-28-14-16-34-66(58)73-69(57)59)65-33-18-31-62-67(65)60-44-39-52(46-63(60)70(62,53-24-9-3-10-25-53)54-26-11-4-12-27-54)68-61(49-21-7-2-8-22-49)45-51-23-13-15-32-64(51)71-68/h1-46H. The summed E-state index contributed by atoms with van der Waals surface area (Å²) in [4.78, 5) is 7.93. The first-order chi connectivity index (χ1) is 36.2. The molecule has 2 aromatic heterocycles. The summed E-state index contributed by atoms with van der Waals surface area (Å²) in [7, 11) is 0. The number of benzene rings is 11. The second-order valence-electron chi connectivity index (χ2n) is 19.0. The van der Waals surface area contributed by atoms with Gasteiger partial charge in [-0.2, -0.15) is 0 Å². The van der Waals surface area contributed by atoms with Crippen LogP contribution in [0.2, 0.25) is 0 Å². The Kier molecular flexibility index (Phi) is 10.1. The van der Waals surface area contributed by atoms with Crippen molar-refractivity contribution >= 4 is 49.9 Å². The van der Waals surface area contributed by atoms with Crippen LogP contribution in [-0.2, 0) is 5.41 Å². The van der Waals surface area contributed by atoms with Crippen LogP contribution in [0.5, 0.6) is 0 Å². The first kappa shape index (κ1) is 42.3. The van der Waals surface area contributed by atoms with E-state index in [1.165, 1.54) is 44.5 Å². The zero-order valence-corrected chi connectivity index (χ0v) is 39.9. The highest BCUT2D eigenvalue weighted by atomic mass is 16.3. The van der Waals surface area contributed by atoms with Crippen molar-refractivity contribution in [2.24, 2.45) is 0 Å². The van der Waals surface area contributed by atoms with E-state index in [2.05, 4.69) is 272 Å². The number of fused-ring (bicyclic) bond motifs is 7. The number of pyridine rings is 1. The number of para-hydroxylation sites is 3. The summed E-state index contributed by atoms with van der Waals surface area (Å²) in [6, 6.07) is 101. The molecule has 13 aromatic rings. The first-order valence-electron chi connectivity index (χ1n) is 25.0. The van der Waals surface area contributed by atoms with Crippen LogP contribution >= 0.6 is 0 Å². The number of hydrogen-bond acceptors (Lipinski definition) is 3. The van der Waals surface area contributed by atoms with E-state index < -0.39 is 5.41 Å². The van der Waals surface area contributed by atoms with E-state index in [1.54, 1.807) is 0 Å². The molecule has 342 valence electrons. The van der Waals surface area contributed by atoms with Crippen LogP contribution in [0.25, 0.3) is 88.6 Å². The highest BCUT2D eigenvalue weighted by Crippen LogP contribution is 2.60. The quantitative estimate of drug-likeness (QED) is 0.144. The van der Waals surface area contributed by atoms with Crippen LogP contribution in [-0.4, -0.2) is 4.98 Å². The van der Waals surface area contributed by atoms with Gasteiger partial charge < -0.3 is 9.32 Å². The fraction of sp³-hybridized carbons (Fsp3) is 0.0143. The lowest BCUT2D eigenvalue weighted by molar-refractivity contribution is 0.670. The van der Waals surface area contributed by atoms with Crippen LogP contribution in [0, 0.1) is 0 Å². The first-order valence-corrected chi connectivity index (χ1v) is 25.0. The Morgan fingerprint density at radius 1 is 0.356 bits per heavy atom. The molecule has 0 radical (unpaired) electrons.